The average Bonchev–Trinajstić information content (AvgIpc) is 2.62. The number of carbonyl (C=O) groups is 2. The maximum absolute atomic E-state index is 13.6. The molecule has 2 amide bonds. The number of nitrogens with zero attached hydrogens (tertiary/aromatic N) is 1. The van der Waals surface area contributed by atoms with Gasteiger partial charge in [-0.25, -0.2) is 8.78 Å². The maximum Gasteiger partial charge on any atom is 0.227 e. The molecule has 2 aromatic rings. The first-order valence-corrected chi connectivity index (χ1v) is 9.13. The highest BCUT2D eigenvalue weighted by Crippen LogP contribution is 2.38. The van der Waals surface area contributed by atoms with Crippen LogP contribution in [0.4, 0.5) is 20.2 Å². The third kappa shape index (κ3) is 4.22. The second-order valence-electron chi connectivity index (χ2n) is 6.07. The maximum atomic E-state index is 13.6. The van der Waals surface area contributed by atoms with Gasteiger partial charge in [-0.1, -0.05) is 19.1 Å². The highest BCUT2D eigenvalue weighted by molar-refractivity contribution is 8.00. The summed E-state index contributed by atoms with van der Waals surface area (Å²) in [5.74, 6) is -2.06. The van der Waals surface area contributed by atoms with Gasteiger partial charge in [0.1, 0.15) is 11.6 Å². The van der Waals surface area contributed by atoms with E-state index in [0.717, 1.165) is 28.8 Å². The summed E-state index contributed by atoms with van der Waals surface area (Å²) in [6.45, 7) is 2.61. The highest BCUT2D eigenvalue weighted by atomic mass is 32.2. The molecule has 0 fully saturated rings. The van der Waals surface area contributed by atoms with E-state index in [-0.39, 0.29) is 29.7 Å². The average molecular weight is 376 g/mol. The van der Waals surface area contributed by atoms with E-state index < -0.39 is 17.5 Å². The molecule has 3 rings (SSSR count). The molecule has 2 aromatic carbocycles. The molecule has 136 valence electrons. The van der Waals surface area contributed by atoms with Crippen molar-refractivity contribution in [2.24, 2.45) is 0 Å². The zero-order valence-corrected chi connectivity index (χ0v) is 15.0. The van der Waals surface area contributed by atoms with Crippen molar-refractivity contribution in [3.8, 4) is 0 Å². The van der Waals surface area contributed by atoms with Crippen molar-refractivity contribution in [2.45, 2.75) is 29.9 Å². The summed E-state index contributed by atoms with van der Waals surface area (Å²) in [7, 11) is 0. The largest absolute Gasteiger partial charge is 0.323 e. The quantitative estimate of drug-likeness (QED) is 0.870. The molecule has 1 N–H and O–H groups in total. The van der Waals surface area contributed by atoms with E-state index in [2.05, 4.69) is 5.32 Å². The molecular formula is C19H18F2N2O2S. The number of thioether (sulfide) groups is 1. The Morgan fingerprint density at radius 2 is 1.96 bits per heavy atom. The van der Waals surface area contributed by atoms with Crippen molar-refractivity contribution in [3.05, 3.63) is 54.1 Å². The lowest BCUT2D eigenvalue weighted by Gasteiger charge is -2.32. The third-order valence-electron chi connectivity index (χ3n) is 3.99. The standard InChI is InChI=1S/C19H18F2N2O2S/c1-12-11-23(16-4-2-3-5-17(16)26-12)19(25)9-8-18(24)22-15-10-13(20)6-7-14(15)21/h2-7,10,12H,8-9,11H2,1H3,(H,22,24)/t12-/m0/s1. The summed E-state index contributed by atoms with van der Waals surface area (Å²) in [5, 5.41) is 2.56. The Morgan fingerprint density at radius 3 is 2.77 bits per heavy atom. The molecule has 0 unspecified atom stereocenters. The van der Waals surface area contributed by atoms with Crippen LogP contribution in [0.5, 0.6) is 0 Å². The van der Waals surface area contributed by atoms with Gasteiger partial charge in [0.25, 0.3) is 0 Å². The normalized spacial score (nSPS) is 16.1. The van der Waals surface area contributed by atoms with Gasteiger partial charge >= 0.3 is 0 Å². The monoisotopic (exact) mass is 376 g/mol. The van der Waals surface area contributed by atoms with E-state index in [9.17, 15) is 18.4 Å². The number of amides is 2. The van der Waals surface area contributed by atoms with Gasteiger partial charge in [-0.05, 0) is 24.3 Å². The molecule has 0 saturated carbocycles. The Labute approximate surface area is 154 Å². The van der Waals surface area contributed by atoms with Crippen LogP contribution in [0.3, 0.4) is 0 Å². The van der Waals surface area contributed by atoms with Gasteiger partial charge in [-0.2, -0.15) is 0 Å². The number of rotatable bonds is 4. The van der Waals surface area contributed by atoms with Gasteiger partial charge < -0.3 is 10.2 Å². The van der Waals surface area contributed by atoms with Crippen molar-refractivity contribution in [2.75, 3.05) is 16.8 Å². The number of hydrogen-bond donors (Lipinski definition) is 1. The van der Waals surface area contributed by atoms with Crippen molar-refractivity contribution >= 4 is 35.0 Å². The molecule has 1 heterocycles. The van der Waals surface area contributed by atoms with Crippen molar-refractivity contribution < 1.29 is 18.4 Å². The van der Waals surface area contributed by atoms with E-state index in [1.165, 1.54) is 0 Å². The Balaban J connectivity index is 1.62. The number of fused-ring (bicyclic) bond motifs is 1. The second-order valence-corrected chi connectivity index (χ2v) is 7.55. The zero-order valence-electron chi connectivity index (χ0n) is 14.2. The summed E-state index contributed by atoms with van der Waals surface area (Å²) < 4.78 is 26.7. The van der Waals surface area contributed by atoms with Crippen LogP contribution in [0.15, 0.2) is 47.4 Å². The molecule has 0 bridgehead atoms. The van der Waals surface area contributed by atoms with Gasteiger partial charge in [0.15, 0.2) is 0 Å². The van der Waals surface area contributed by atoms with Crippen LogP contribution in [0.25, 0.3) is 0 Å². The van der Waals surface area contributed by atoms with E-state index in [1.807, 2.05) is 31.2 Å². The number of anilines is 2. The van der Waals surface area contributed by atoms with Crippen LogP contribution >= 0.6 is 11.8 Å². The topological polar surface area (TPSA) is 49.4 Å². The number of para-hydroxylation sites is 1. The van der Waals surface area contributed by atoms with Crippen LogP contribution in [0, 0.1) is 11.6 Å². The molecule has 1 atom stereocenters. The number of benzene rings is 2. The van der Waals surface area contributed by atoms with Crippen molar-refractivity contribution in [1.29, 1.82) is 0 Å². The minimum atomic E-state index is -0.720. The number of hydrogen-bond acceptors (Lipinski definition) is 3. The lowest BCUT2D eigenvalue weighted by atomic mass is 10.2. The van der Waals surface area contributed by atoms with Crippen LogP contribution in [0.2, 0.25) is 0 Å². The summed E-state index contributed by atoms with van der Waals surface area (Å²) >= 11 is 1.71. The molecular weight excluding hydrogens is 358 g/mol. The van der Waals surface area contributed by atoms with Crippen molar-refractivity contribution in [1.82, 2.24) is 0 Å². The van der Waals surface area contributed by atoms with Crippen LogP contribution < -0.4 is 10.2 Å². The third-order valence-corrected chi connectivity index (χ3v) is 5.14. The zero-order chi connectivity index (χ0) is 18.7. The van der Waals surface area contributed by atoms with Gasteiger partial charge in [-0.15, -0.1) is 11.8 Å². The van der Waals surface area contributed by atoms with Crippen LogP contribution in [-0.2, 0) is 9.59 Å². The molecule has 1 aliphatic heterocycles. The predicted molar refractivity (Wildman–Crippen MR) is 98.3 cm³/mol. The van der Waals surface area contributed by atoms with Crippen LogP contribution in [0.1, 0.15) is 19.8 Å². The fraction of sp³-hybridized carbons (Fsp3) is 0.263. The van der Waals surface area contributed by atoms with Gasteiger partial charge in [0, 0.05) is 35.6 Å². The first kappa shape index (κ1) is 18.4. The highest BCUT2D eigenvalue weighted by Gasteiger charge is 2.26. The number of halogens is 2. The Morgan fingerprint density at radius 1 is 1.19 bits per heavy atom. The summed E-state index contributed by atoms with van der Waals surface area (Å²) in [6, 6.07) is 10.5. The Kier molecular flexibility index (Phi) is 5.56. The molecule has 0 saturated heterocycles. The van der Waals surface area contributed by atoms with Gasteiger partial charge in [0.2, 0.25) is 11.8 Å². The van der Waals surface area contributed by atoms with E-state index in [0.29, 0.717) is 6.54 Å². The predicted octanol–water partition coefficient (Wildman–Crippen LogP) is 4.21. The molecule has 0 spiro atoms. The SMILES string of the molecule is C[C@H]1CN(C(=O)CCC(=O)Nc2cc(F)ccc2F)c2ccccc2S1. The summed E-state index contributed by atoms with van der Waals surface area (Å²) in [4.78, 5) is 27.3. The lowest BCUT2D eigenvalue weighted by molar-refractivity contribution is -0.122. The first-order valence-electron chi connectivity index (χ1n) is 8.25. The van der Waals surface area contributed by atoms with E-state index >= 15 is 0 Å². The number of nitrogens with one attached hydrogen (secondary N) is 1. The molecule has 1 aliphatic rings. The van der Waals surface area contributed by atoms with E-state index in [1.54, 1.807) is 16.7 Å². The fourth-order valence-corrected chi connectivity index (χ4v) is 3.90. The second kappa shape index (κ2) is 7.86. The molecule has 0 aliphatic carbocycles. The minimum Gasteiger partial charge on any atom is -0.323 e. The molecule has 26 heavy (non-hydrogen) atoms. The summed E-state index contributed by atoms with van der Waals surface area (Å²) in [6.07, 6.45) is -0.108. The van der Waals surface area contributed by atoms with Gasteiger partial charge in [0.05, 0.1) is 11.4 Å². The molecule has 0 radical (unpaired) electrons. The Bertz CT molecular complexity index is 844. The molecule has 0 aromatic heterocycles. The number of carbonyl (C=O) groups excluding carboxylic acids is 2. The lowest BCUT2D eigenvalue weighted by Crippen LogP contribution is -2.38. The van der Waals surface area contributed by atoms with Gasteiger partial charge in [-0.3, -0.25) is 9.59 Å². The van der Waals surface area contributed by atoms with E-state index in [4.69, 9.17) is 0 Å². The summed E-state index contributed by atoms with van der Waals surface area (Å²) in [5.41, 5.74) is 0.618. The Hall–Kier alpha value is -2.41. The molecule has 4 nitrogen and oxygen atoms in total. The van der Waals surface area contributed by atoms with Crippen molar-refractivity contribution in [3.63, 3.8) is 0 Å². The first-order chi connectivity index (χ1) is 12.4. The minimum absolute atomic E-state index is 0.00547. The molecule has 7 heteroatoms. The fourth-order valence-electron chi connectivity index (χ4n) is 2.79. The smallest absolute Gasteiger partial charge is 0.227 e. The van der Waals surface area contributed by atoms with Crippen LogP contribution in [-0.4, -0.2) is 23.6 Å².